The molecule has 0 aliphatic carbocycles. The Morgan fingerprint density at radius 3 is 2.29 bits per heavy atom. The zero-order valence-corrected chi connectivity index (χ0v) is 13.4. The van der Waals surface area contributed by atoms with Crippen molar-refractivity contribution in [2.75, 3.05) is 7.05 Å². The number of benzene rings is 2. The van der Waals surface area contributed by atoms with E-state index < -0.39 is 15.8 Å². The summed E-state index contributed by atoms with van der Waals surface area (Å²) >= 11 is 11.8. The summed E-state index contributed by atoms with van der Waals surface area (Å²) in [7, 11) is -2.48. The van der Waals surface area contributed by atoms with Crippen molar-refractivity contribution in [2.45, 2.75) is 11.4 Å². The SMILES string of the molecule is CN(Cc1c(F)cccc1Cl)S(=O)(=O)c1ccccc1Cl. The van der Waals surface area contributed by atoms with Crippen LogP contribution in [0.4, 0.5) is 4.39 Å². The Morgan fingerprint density at radius 1 is 1.05 bits per heavy atom. The topological polar surface area (TPSA) is 37.4 Å². The third kappa shape index (κ3) is 3.37. The minimum atomic E-state index is -3.83. The molecule has 0 saturated carbocycles. The second-order valence-corrected chi connectivity index (χ2v) is 7.22. The second-order valence-electron chi connectivity index (χ2n) is 4.39. The van der Waals surface area contributed by atoms with Crippen molar-refractivity contribution < 1.29 is 12.8 Å². The fourth-order valence-electron chi connectivity index (χ4n) is 1.81. The first kappa shape index (κ1) is 16.2. The lowest BCUT2D eigenvalue weighted by Gasteiger charge is -2.19. The molecule has 2 aromatic rings. The smallest absolute Gasteiger partial charge is 0.207 e. The summed E-state index contributed by atoms with van der Waals surface area (Å²) in [6.45, 7) is -0.181. The van der Waals surface area contributed by atoms with Gasteiger partial charge in [0.15, 0.2) is 0 Å². The Hall–Kier alpha value is -1.14. The molecule has 7 heteroatoms. The lowest BCUT2D eigenvalue weighted by molar-refractivity contribution is 0.456. The summed E-state index contributed by atoms with van der Waals surface area (Å²) in [5.41, 5.74) is 0.122. The largest absolute Gasteiger partial charge is 0.244 e. The maximum atomic E-state index is 13.7. The maximum absolute atomic E-state index is 13.7. The molecule has 3 nitrogen and oxygen atoms in total. The summed E-state index contributed by atoms with van der Waals surface area (Å²) in [5, 5.41) is 0.292. The van der Waals surface area contributed by atoms with Gasteiger partial charge in [0, 0.05) is 24.2 Å². The van der Waals surface area contributed by atoms with Crippen molar-refractivity contribution in [3.63, 3.8) is 0 Å². The van der Waals surface area contributed by atoms with Crippen LogP contribution in [0, 0.1) is 5.82 Å². The second kappa shape index (κ2) is 6.32. The van der Waals surface area contributed by atoms with Crippen molar-refractivity contribution >= 4 is 33.2 Å². The normalized spacial score (nSPS) is 11.9. The van der Waals surface area contributed by atoms with Crippen LogP contribution in [-0.2, 0) is 16.6 Å². The fraction of sp³-hybridized carbons (Fsp3) is 0.143. The van der Waals surface area contributed by atoms with Crippen LogP contribution in [0.2, 0.25) is 10.0 Å². The highest BCUT2D eigenvalue weighted by atomic mass is 35.5. The summed E-state index contributed by atoms with van der Waals surface area (Å²) in [4.78, 5) is -0.0263. The molecule has 0 aliphatic rings. The van der Waals surface area contributed by atoms with Gasteiger partial charge in [-0.1, -0.05) is 41.4 Å². The highest BCUT2D eigenvalue weighted by molar-refractivity contribution is 7.89. The van der Waals surface area contributed by atoms with Gasteiger partial charge in [0.2, 0.25) is 10.0 Å². The van der Waals surface area contributed by atoms with Gasteiger partial charge in [-0.15, -0.1) is 0 Å². The Labute approximate surface area is 133 Å². The first-order chi connectivity index (χ1) is 9.84. The summed E-state index contributed by atoms with van der Waals surface area (Å²) in [6, 6.07) is 10.3. The number of sulfonamides is 1. The maximum Gasteiger partial charge on any atom is 0.244 e. The van der Waals surface area contributed by atoms with Gasteiger partial charge in [-0.05, 0) is 24.3 Å². The number of rotatable bonds is 4. The molecule has 0 amide bonds. The van der Waals surface area contributed by atoms with Gasteiger partial charge in [-0.2, -0.15) is 4.31 Å². The van der Waals surface area contributed by atoms with Gasteiger partial charge in [0.05, 0.1) is 5.02 Å². The monoisotopic (exact) mass is 347 g/mol. The molecule has 0 radical (unpaired) electrons. The predicted molar refractivity (Wildman–Crippen MR) is 81.5 cm³/mol. The molecule has 0 bridgehead atoms. The van der Waals surface area contributed by atoms with Crippen LogP contribution >= 0.6 is 23.2 Å². The van der Waals surface area contributed by atoms with Crippen LogP contribution in [0.1, 0.15) is 5.56 Å². The minimum absolute atomic E-state index is 0.0263. The van der Waals surface area contributed by atoms with Gasteiger partial charge >= 0.3 is 0 Å². The third-order valence-electron chi connectivity index (χ3n) is 2.97. The summed E-state index contributed by atoms with van der Waals surface area (Å²) in [5.74, 6) is -0.552. The van der Waals surface area contributed by atoms with Gasteiger partial charge in [0.1, 0.15) is 10.7 Å². The molecule has 2 aromatic carbocycles. The highest BCUT2D eigenvalue weighted by Crippen LogP contribution is 2.26. The highest BCUT2D eigenvalue weighted by Gasteiger charge is 2.24. The minimum Gasteiger partial charge on any atom is -0.207 e. The Bertz CT molecular complexity index is 745. The number of halogens is 3. The molecule has 0 saturated heterocycles. The van der Waals surface area contributed by atoms with Crippen LogP contribution in [0.5, 0.6) is 0 Å². The molecule has 112 valence electrons. The van der Waals surface area contributed by atoms with Crippen molar-refractivity contribution in [3.8, 4) is 0 Å². The summed E-state index contributed by atoms with van der Waals surface area (Å²) < 4.78 is 39.7. The zero-order valence-electron chi connectivity index (χ0n) is 11.1. The first-order valence-corrected chi connectivity index (χ1v) is 8.17. The number of hydrogen-bond donors (Lipinski definition) is 0. The predicted octanol–water partition coefficient (Wildman–Crippen LogP) is 3.95. The molecule has 21 heavy (non-hydrogen) atoms. The molecule has 0 N–H and O–H groups in total. The van der Waals surface area contributed by atoms with E-state index >= 15 is 0 Å². The van der Waals surface area contributed by atoms with Crippen LogP contribution < -0.4 is 0 Å². The van der Waals surface area contributed by atoms with E-state index in [1.807, 2.05) is 0 Å². The van der Waals surface area contributed by atoms with E-state index in [0.29, 0.717) is 0 Å². The van der Waals surface area contributed by atoms with Gasteiger partial charge in [-0.25, -0.2) is 12.8 Å². The molecule has 0 aromatic heterocycles. The molecule has 0 aliphatic heterocycles. The molecule has 0 unspecified atom stereocenters. The average Bonchev–Trinajstić information content (AvgIpc) is 2.43. The Kier molecular flexibility index (Phi) is 4.88. The third-order valence-corrected chi connectivity index (χ3v) is 5.62. The summed E-state index contributed by atoms with van der Waals surface area (Å²) in [6.07, 6.45) is 0. The first-order valence-electron chi connectivity index (χ1n) is 5.98. The number of hydrogen-bond acceptors (Lipinski definition) is 2. The molecule has 2 rings (SSSR count). The molecular formula is C14H12Cl2FNO2S. The van der Waals surface area contributed by atoms with Crippen molar-refractivity contribution in [1.29, 1.82) is 0 Å². The lowest BCUT2D eigenvalue weighted by atomic mass is 10.2. The van der Waals surface area contributed by atoms with E-state index in [9.17, 15) is 12.8 Å². The molecule has 0 atom stereocenters. The quantitative estimate of drug-likeness (QED) is 0.839. The van der Waals surface area contributed by atoms with E-state index in [0.717, 1.165) is 4.31 Å². The average molecular weight is 348 g/mol. The molecule has 0 heterocycles. The van der Waals surface area contributed by atoms with Gasteiger partial charge in [-0.3, -0.25) is 0 Å². The molecular weight excluding hydrogens is 336 g/mol. The van der Waals surface area contributed by atoms with E-state index in [1.54, 1.807) is 12.1 Å². The van der Waals surface area contributed by atoms with Crippen molar-refractivity contribution in [3.05, 3.63) is 63.9 Å². The van der Waals surface area contributed by atoms with Crippen LogP contribution in [0.3, 0.4) is 0 Å². The lowest BCUT2D eigenvalue weighted by Crippen LogP contribution is -2.27. The van der Waals surface area contributed by atoms with Gasteiger partial charge < -0.3 is 0 Å². The van der Waals surface area contributed by atoms with E-state index in [4.69, 9.17) is 23.2 Å². The molecule has 0 spiro atoms. The Balaban J connectivity index is 2.36. The van der Waals surface area contributed by atoms with Gasteiger partial charge in [0.25, 0.3) is 0 Å². The Morgan fingerprint density at radius 2 is 1.67 bits per heavy atom. The molecule has 0 fully saturated rings. The van der Waals surface area contributed by atoms with Crippen molar-refractivity contribution in [1.82, 2.24) is 4.31 Å². The van der Waals surface area contributed by atoms with Crippen molar-refractivity contribution in [2.24, 2.45) is 0 Å². The standard InChI is InChI=1S/C14H12Cl2FNO2S/c1-18(9-10-11(15)6-4-7-13(10)17)21(19,20)14-8-3-2-5-12(14)16/h2-8H,9H2,1H3. The van der Waals surface area contributed by atoms with Crippen LogP contribution in [-0.4, -0.2) is 19.8 Å². The number of nitrogens with zero attached hydrogens (tertiary/aromatic N) is 1. The zero-order chi connectivity index (χ0) is 15.6. The fourth-order valence-corrected chi connectivity index (χ4v) is 3.66. The van der Waals surface area contributed by atoms with E-state index in [-0.39, 0.29) is 27.0 Å². The van der Waals surface area contributed by atoms with E-state index in [1.165, 1.54) is 37.4 Å². The van der Waals surface area contributed by atoms with E-state index in [2.05, 4.69) is 0 Å². The van der Waals surface area contributed by atoms with Crippen LogP contribution in [0.15, 0.2) is 47.4 Å². The van der Waals surface area contributed by atoms with Crippen LogP contribution in [0.25, 0.3) is 0 Å².